The molecule has 0 saturated carbocycles. The topological polar surface area (TPSA) is 0 Å². The Bertz CT molecular complexity index is 492. The van der Waals surface area contributed by atoms with Crippen LogP contribution in [0.4, 0.5) is 0 Å². The highest BCUT2D eigenvalue weighted by atomic mass is 79.9. The van der Waals surface area contributed by atoms with Crippen molar-refractivity contribution < 1.29 is 0 Å². The summed E-state index contributed by atoms with van der Waals surface area (Å²) in [5.74, 6) is 1.03. The van der Waals surface area contributed by atoms with Gasteiger partial charge in [0.2, 0.25) is 0 Å². The minimum atomic E-state index is -0.200. The van der Waals surface area contributed by atoms with Crippen LogP contribution in [0, 0.1) is 0 Å². The number of halogens is 3. The lowest BCUT2D eigenvalue weighted by Gasteiger charge is -2.30. The van der Waals surface area contributed by atoms with Crippen molar-refractivity contribution in [2.45, 2.75) is 11.8 Å². The standard InChI is InChI=1S/C14H13BrCl2S/c15-13-3-1-2-12(6-13)14(9-16,10-17)7-11-4-5-18-8-11/h1-6,8H,7,9-10H2. The third-order valence-corrected chi connectivity index (χ3v) is 5.32. The molecule has 18 heavy (non-hydrogen) atoms. The summed E-state index contributed by atoms with van der Waals surface area (Å²) in [5, 5.41) is 4.25. The van der Waals surface area contributed by atoms with Crippen molar-refractivity contribution in [2.75, 3.05) is 11.8 Å². The molecule has 0 aliphatic carbocycles. The van der Waals surface area contributed by atoms with Crippen LogP contribution < -0.4 is 0 Å². The maximum atomic E-state index is 6.23. The van der Waals surface area contributed by atoms with Gasteiger partial charge in [-0.2, -0.15) is 11.3 Å². The molecule has 0 bridgehead atoms. The van der Waals surface area contributed by atoms with Crippen LogP contribution in [0.15, 0.2) is 45.6 Å². The van der Waals surface area contributed by atoms with E-state index >= 15 is 0 Å². The van der Waals surface area contributed by atoms with Crippen molar-refractivity contribution in [3.63, 3.8) is 0 Å². The largest absolute Gasteiger partial charge is 0.152 e. The lowest BCUT2D eigenvalue weighted by Crippen LogP contribution is -2.33. The first kappa shape index (κ1) is 14.4. The summed E-state index contributed by atoms with van der Waals surface area (Å²) in [6.07, 6.45) is 0.875. The molecular weight excluding hydrogens is 351 g/mol. The second-order valence-corrected chi connectivity index (χ2v) is 6.60. The van der Waals surface area contributed by atoms with E-state index in [2.05, 4.69) is 44.9 Å². The van der Waals surface area contributed by atoms with Gasteiger partial charge in [-0.05, 0) is 46.5 Å². The van der Waals surface area contributed by atoms with Gasteiger partial charge in [0.25, 0.3) is 0 Å². The summed E-state index contributed by atoms with van der Waals surface area (Å²) in [6, 6.07) is 10.4. The van der Waals surface area contributed by atoms with Gasteiger partial charge >= 0.3 is 0 Å². The van der Waals surface area contributed by atoms with E-state index in [-0.39, 0.29) is 5.41 Å². The van der Waals surface area contributed by atoms with Crippen LogP contribution in [0.5, 0.6) is 0 Å². The highest BCUT2D eigenvalue weighted by Gasteiger charge is 2.31. The zero-order valence-electron chi connectivity index (χ0n) is 9.70. The Morgan fingerprint density at radius 1 is 1.17 bits per heavy atom. The summed E-state index contributed by atoms with van der Waals surface area (Å²) in [5.41, 5.74) is 2.28. The first-order valence-corrected chi connectivity index (χ1v) is 8.40. The maximum Gasteiger partial charge on any atom is 0.0335 e. The van der Waals surface area contributed by atoms with Crippen LogP contribution in [-0.2, 0) is 11.8 Å². The molecule has 1 aromatic heterocycles. The zero-order valence-corrected chi connectivity index (χ0v) is 13.6. The molecule has 0 unspecified atom stereocenters. The van der Waals surface area contributed by atoms with E-state index < -0.39 is 0 Å². The van der Waals surface area contributed by atoms with Crippen molar-refractivity contribution in [1.29, 1.82) is 0 Å². The van der Waals surface area contributed by atoms with Crippen LogP contribution in [0.2, 0.25) is 0 Å². The molecule has 96 valence electrons. The van der Waals surface area contributed by atoms with Gasteiger partial charge in [-0.25, -0.2) is 0 Å². The number of benzene rings is 1. The van der Waals surface area contributed by atoms with E-state index in [9.17, 15) is 0 Å². The zero-order chi connectivity index (χ0) is 13.0. The summed E-state index contributed by atoms with van der Waals surface area (Å²) >= 11 is 17.7. The van der Waals surface area contributed by atoms with Gasteiger partial charge in [-0.1, -0.05) is 28.1 Å². The Hall–Kier alpha value is -0.0200. The average Bonchev–Trinajstić information content (AvgIpc) is 2.89. The molecule has 1 heterocycles. The fourth-order valence-corrected chi connectivity index (χ4v) is 3.84. The lowest BCUT2D eigenvalue weighted by atomic mass is 9.79. The van der Waals surface area contributed by atoms with E-state index in [1.807, 2.05) is 12.1 Å². The van der Waals surface area contributed by atoms with Gasteiger partial charge in [-0.15, -0.1) is 23.2 Å². The molecule has 1 aromatic carbocycles. The van der Waals surface area contributed by atoms with Crippen LogP contribution in [0.25, 0.3) is 0 Å². The number of hydrogen-bond acceptors (Lipinski definition) is 1. The lowest BCUT2D eigenvalue weighted by molar-refractivity contribution is 0.537. The van der Waals surface area contributed by atoms with Crippen molar-refractivity contribution in [2.24, 2.45) is 0 Å². The van der Waals surface area contributed by atoms with Crippen LogP contribution in [0.1, 0.15) is 11.1 Å². The predicted octanol–water partition coefficient (Wildman–Crippen LogP) is 5.47. The fourth-order valence-electron chi connectivity index (χ4n) is 1.99. The SMILES string of the molecule is ClCC(CCl)(Cc1ccsc1)c1cccc(Br)c1. The quantitative estimate of drug-likeness (QED) is 0.618. The molecule has 0 fully saturated rings. The van der Waals surface area contributed by atoms with E-state index in [1.54, 1.807) is 11.3 Å². The van der Waals surface area contributed by atoms with Gasteiger partial charge in [0.1, 0.15) is 0 Å². The molecule has 0 nitrogen and oxygen atoms in total. The first-order chi connectivity index (χ1) is 8.70. The Balaban J connectivity index is 2.37. The second-order valence-electron chi connectivity index (χ2n) is 4.37. The highest BCUT2D eigenvalue weighted by Crippen LogP contribution is 2.33. The molecule has 2 rings (SSSR count). The molecule has 0 saturated heterocycles. The molecular formula is C14H13BrCl2S. The average molecular weight is 364 g/mol. The van der Waals surface area contributed by atoms with Crippen molar-refractivity contribution in [1.82, 2.24) is 0 Å². The summed E-state index contributed by atoms with van der Waals surface area (Å²) < 4.78 is 1.06. The summed E-state index contributed by atoms with van der Waals surface area (Å²) in [6.45, 7) is 0. The predicted molar refractivity (Wildman–Crippen MR) is 85.3 cm³/mol. The molecule has 4 heteroatoms. The number of hydrogen-bond donors (Lipinski definition) is 0. The van der Waals surface area contributed by atoms with Crippen molar-refractivity contribution >= 4 is 50.5 Å². The fraction of sp³-hybridized carbons (Fsp3) is 0.286. The van der Waals surface area contributed by atoms with Gasteiger partial charge in [0.15, 0.2) is 0 Å². The Morgan fingerprint density at radius 2 is 1.94 bits per heavy atom. The molecule has 0 radical (unpaired) electrons. The van der Waals surface area contributed by atoms with E-state index in [0.29, 0.717) is 11.8 Å². The van der Waals surface area contributed by atoms with E-state index in [1.165, 1.54) is 11.1 Å². The molecule has 0 amide bonds. The van der Waals surface area contributed by atoms with Gasteiger partial charge in [0, 0.05) is 21.6 Å². The number of rotatable bonds is 5. The minimum Gasteiger partial charge on any atom is -0.152 e. The smallest absolute Gasteiger partial charge is 0.0335 e. The maximum absolute atomic E-state index is 6.23. The Morgan fingerprint density at radius 3 is 2.50 bits per heavy atom. The van der Waals surface area contributed by atoms with Gasteiger partial charge < -0.3 is 0 Å². The normalized spacial score (nSPS) is 11.7. The third kappa shape index (κ3) is 3.11. The third-order valence-electron chi connectivity index (χ3n) is 3.07. The van der Waals surface area contributed by atoms with Crippen LogP contribution >= 0.6 is 50.5 Å². The molecule has 0 aliphatic rings. The summed E-state index contributed by atoms with van der Waals surface area (Å²) in [4.78, 5) is 0. The molecule has 0 N–H and O–H groups in total. The monoisotopic (exact) mass is 362 g/mol. The highest BCUT2D eigenvalue weighted by molar-refractivity contribution is 9.10. The van der Waals surface area contributed by atoms with Crippen LogP contribution in [-0.4, -0.2) is 11.8 Å². The molecule has 0 aliphatic heterocycles. The molecule has 2 aromatic rings. The number of thiophene rings is 1. The minimum absolute atomic E-state index is 0.200. The van der Waals surface area contributed by atoms with Gasteiger partial charge in [0.05, 0.1) is 0 Å². The second kappa shape index (κ2) is 6.42. The van der Waals surface area contributed by atoms with Gasteiger partial charge in [-0.3, -0.25) is 0 Å². The first-order valence-electron chi connectivity index (χ1n) is 5.59. The Labute approximate surface area is 130 Å². The van der Waals surface area contributed by atoms with Crippen molar-refractivity contribution in [3.05, 3.63) is 56.7 Å². The number of alkyl halides is 2. The van der Waals surface area contributed by atoms with E-state index in [0.717, 1.165) is 10.9 Å². The van der Waals surface area contributed by atoms with Crippen molar-refractivity contribution in [3.8, 4) is 0 Å². The molecule has 0 spiro atoms. The Kier molecular flexibility index (Phi) is 5.14. The molecule has 0 atom stereocenters. The summed E-state index contributed by atoms with van der Waals surface area (Å²) in [7, 11) is 0. The van der Waals surface area contributed by atoms with E-state index in [4.69, 9.17) is 23.2 Å². The van der Waals surface area contributed by atoms with Crippen LogP contribution in [0.3, 0.4) is 0 Å².